The maximum atomic E-state index is 6.12. The Bertz CT molecular complexity index is 2770. The van der Waals surface area contributed by atoms with Gasteiger partial charge < -0.3 is 9.73 Å². The zero-order chi connectivity index (χ0) is 27.8. The van der Waals surface area contributed by atoms with Crippen LogP contribution in [0.4, 0.5) is 11.5 Å². The van der Waals surface area contributed by atoms with Crippen LogP contribution in [0.25, 0.3) is 80.4 Å². The van der Waals surface area contributed by atoms with Crippen LogP contribution in [0.2, 0.25) is 0 Å². The molecule has 200 valence electrons. The molecule has 0 bridgehead atoms. The van der Waals surface area contributed by atoms with Crippen LogP contribution in [-0.4, -0.2) is 16.2 Å². The molecule has 5 heteroatoms. The summed E-state index contributed by atoms with van der Waals surface area (Å²) < 4.78 is 11.1. The fraction of sp³-hybridized carbons (Fsp3) is 0.0263. The molecule has 11 rings (SSSR count). The number of nitrogens with zero attached hydrogens (tertiary/aromatic N) is 2. The topological polar surface area (TPSA) is 41.9 Å². The first-order valence-electron chi connectivity index (χ1n) is 14.6. The van der Waals surface area contributed by atoms with Gasteiger partial charge in [-0.15, -0.1) is 11.3 Å². The number of para-hydroxylation sites is 1. The molecule has 0 fully saturated rings. The van der Waals surface area contributed by atoms with E-state index in [2.05, 4.69) is 113 Å². The van der Waals surface area contributed by atoms with Gasteiger partial charge in [0.15, 0.2) is 5.82 Å². The van der Waals surface area contributed by atoms with Crippen LogP contribution in [0.1, 0.15) is 0 Å². The van der Waals surface area contributed by atoms with Crippen molar-refractivity contribution in [2.45, 2.75) is 6.04 Å². The number of hydrogen-bond acceptors (Lipinski definition) is 4. The molecule has 4 aromatic heterocycles. The van der Waals surface area contributed by atoms with Crippen molar-refractivity contribution >= 4 is 97.9 Å². The molecule has 2 aliphatic rings. The summed E-state index contributed by atoms with van der Waals surface area (Å²) in [6.45, 7) is 0. The molecule has 1 aliphatic carbocycles. The molecule has 1 unspecified atom stereocenters. The SMILES string of the molecule is C1=CC2=Nc3c(c4c5sc6ccccc6c5cc5c6cc(-c7ccc8oc9ccccc9c8c7)ccc6n3c54)NC2C=C1. The van der Waals surface area contributed by atoms with Crippen LogP contribution in [-0.2, 0) is 0 Å². The zero-order valence-corrected chi connectivity index (χ0v) is 23.6. The maximum Gasteiger partial charge on any atom is 0.162 e. The van der Waals surface area contributed by atoms with E-state index in [1.165, 1.54) is 58.5 Å². The van der Waals surface area contributed by atoms with Crippen molar-refractivity contribution in [3.63, 3.8) is 0 Å². The largest absolute Gasteiger partial charge is 0.456 e. The van der Waals surface area contributed by atoms with Crippen molar-refractivity contribution in [2.24, 2.45) is 4.99 Å². The minimum Gasteiger partial charge on any atom is -0.456 e. The highest BCUT2D eigenvalue weighted by molar-refractivity contribution is 7.26. The van der Waals surface area contributed by atoms with Gasteiger partial charge in [0, 0.05) is 47.1 Å². The average Bonchev–Trinajstić information content (AvgIpc) is 3.79. The fourth-order valence-corrected chi connectivity index (χ4v) is 8.63. The summed E-state index contributed by atoms with van der Waals surface area (Å²) in [7, 11) is 0. The smallest absolute Gasteiger partial charge is 0.162 e. The summed E-state index contributed by atoms with van der Waals surface area (Å²) in [5, 5.41) is 12.6. The van der Waals surface area contributed by atoms with Crippen LogP contribution < -0.4 is 5.32 Å². The number of aliphatic imine (C=N–C) groups is 1. The molecule has 43 heavy (non-hydrogen) atoms. The lowest BCUT2D eigenvalue weighted by atomic mass is 9.99. The van der Waals surface area contributed by atoms with Gasteiger partial charge in [-0.1, -0.05) is 66.8 Å². The van der Waals surface area contributed by atoms with Crippen molar-refractivity contribution in [1.82, 2.24) is 4.40 Å². The van der Waals surface area contributed by atoms with Crippen LogP contribution in [0.5, 0.6) is 0 Å². The molecule has 1 aliphatic heterocycles. The van der Waals surface area contributed by atoms with Crippen LogP contribution in [0.15, 0.2) is 125 Å². The monoisotopic (exact) mass is 567 g/mol. The molecule has 1 N–H and O–H groups in total. The number of rotatable bonds is 1. The van der Waals surface area contributed by atoms with E-state index in [1.54, 1.807) is 0 Å². The quantitative estimate of drug-likeness (QED) is 0.214. The first-order chi connectivity index (χ1) is 21.3. The van der Waals surface area contributed by atoms with E-state index in [9.17, 15) is 0 Å². The van der Waals surface area contributed by atoms with E-state index in [0.29, 0.717) is 0 Å². The number of thiophene rings is 1. The summed E-state index contributed by atoms with van der Waals surface area (Å²) >= 11 is 1.88. The number of nitrogens with one attached hydrogen (secondary N) is 1. The highest BCUT2D eigenvalue weighted by Crippen LogP contribution is 2.52. The van der Waals surface area contributed by atoms with Crippen molar-refractivity contribution in [3.05, 3.63) is 115 Å². The van der Waals surface area contributed by atoms with Gasteiger partial charge in [-0.2, -0.15) is 0 Å². The van der Waals surface area contributed by atoms with Gasteiger partial charge in [-0.3, -0.25) is 4.40 Å². The Balaban J connectivity index is 1.25. The first kappa shape index (κ1) is 22.2. The second kappa shape index (κ2) is 7.71. The number of anilines is 1. The molecular weight excluding hydrogens is 547 g/mol. The fourth-order valence-electron chi connectivity index (χ4n) is 7.40. The normalized spacial score (nSPS) is 16.3. The van der Waals surface area contributed by atoms with Gasteiger partial charge in [-0.05, 0) is 59.7 Å². The Kier molecular flexibility index (Phi) is 3.99. The lowest BCUT2D eigenvalue weighted by Crippen LogP contribution is -2.29. The average molecular weight is 568 g/mol. The number of hydrogen-bond donors (Lipinski definition) is 1. The molecule has 0 saturated heterocycles. The standard InChI is InChI=1S/C38H21N3OS/c1-5-11-31-22(7-1)25-18-21(14-16-32(25)42-31)20-13-15-30-24(17-20)26-19-27-23-8-2-6-12-33(23)43-37(27)34-35-38(41(30)36(26)34)40-29-10-4-3-9-28(29)39-35/h1-19,28,39H. The molecule has 0 radical (unpaired) electrons. The van der Waals surface area contributed by atoms with Crippen LogP contribution in [0.3, 0.4) is 0 Å². The number of aromatic nitrogens is 1. The van der Waals surface area contributed by atoms with E-state index < -0.39 is 0 Å². The summed E-state index contributed by atoms with van der Waals surface area (Å²) in [5.41, 5.74) is 8.83. The predicted molar refractivity (Wildman–Crippen MR) is 182 cm³/mol. The van der Waals surface area contributed by atoms with Crippen molar-refractivity contribution in [3.8, 4) is 11.1 Å². The summed E-state index contributed by atoms with van der Waals surface area (Å²) in [6.07, 6.45) is 8.50. The van der Waals surface area contributed by atoms with E-state index in [1.807, 2.05) is 23.5 Å². The lowest BCUT2D eigenvalue weighted by Gasteiger charge is -2.23. The van der Waals surface area contributed by atoms with E-state index in [4.69, 9.17) is 9.41 Å². The molecule has 5 aromatic carbocycles. The minimum atomic E-state index is 0.0832. The van der Waals surface area contributed by atoms with E-state index in [-0.39, 0.29) is 6.04 Å². The van der Waals surface area contributed by atoms with Gasteiger partial charge in [0.25, 0.3) is 0 Å². The van der Waals surface area contributed by atoms with Crippen molar-refractivity contribution in [2.75, 3.05) is 5.32 Å². The maximum absolute atomic E-state index is 6.12. The van der Waals surface area contributed by atoms with Crippen molar-refractivity contribution < 1.29 is 4.42 Å². The Morgan fingerprint density at radius 2 is 1.53 bits per heavy atom. The van der Waals surface area contributed by atoms with E-state index >= 15 is 0 Å². The van der Waals surface area contributed by atoms with Gasteiger partial charge >= 0.3 is 0 Å². The highest BCUT2D eigenvalue weighted by Gasteiger charge is 2.30. The zero-order valence-electron chi connectivity index (χ0n) is 22.8. The molecular formula is C38H21N3OS. The summed E-state index contributed by atoms with van der Waals surface area (Å²) in [4.78, 5) is 5.28. The second-order valence-corrected chi connectivity index (χ2v) is 12.7. The van der Waals surface area contributed by atoms with Crippen LogP contribution >= 0.6 is 11.3 Å². The molecule has 9 aromatic rings. The third-order valence-corrected chi connectivity index (χ3v) is 10.5. The number of allylic oxidation sites excluding steroid dienone is 2. The Labute approximate surface area is 248 Å². The van der Waals surface area contributed by atoms with Crippen LogP contribution in [0, 0.1) is 0 Å². The molecule has 0 amide bonds. The Morgan fingerprint density at radius 1 is 0.721 bits per heavy atom. The molecule has 0 saturated carbocycles. The summed E-state index contributed by atoms with van der Waals surface area (Å²) in [6, 6.07) is 33.0. The number of fused-ring (bicyclic) bond motifs is 14. The first-order valence-corrected chi connectivity index (χ1v) is 15.4. The molecule has 5 heterocycles. The van der Waals surface area contributed by atoms with E-state index in [0.717, 1.165) is 39.2 Å². The Morgan fingerprint density at radius 3 is 2.49 bits per heavy atom. The third-order valence-electron chi connectivity index (χ3n) is 9.32. The summed E-state index contributed by atoms with van der Waals surface area (Å²) in [5.74, 6) is 0.991. The lowest BCUT2D eigenvalue weighted by molar-refractivity contribution is 0.669. The van der Waals surface area contributed by atoms with Gasteiger partial charge in [-0.25, -0.2) is 4.99 Å². The van der Waals surface area contributed by atoms with Gasteiger partial charge in [0.1, 0.15) is 11.2 Å². The predicted octanol–water partition coefficient (Wildman–Crippen LogP) is 10.6. The minimum absolute atomic E-state index is 0.0832. The highest BCUT2D eigenvalue weighted by atomic mass is 32.1. The number of benzene rings is 5. The van der Waals surface area contributed by atoms with Gasteiger partial charge in [0.05, 0.1) is 28.5 Å². The second-order valence-electron chi connectivity index (χ2n) is 11.6. The van der Waals surface area contributed by atoms with Gasteiger partial charge in [0.2, 0.25) is 0 Å². The van der Waals surface area contributed by atoms with Crippen molar-refractivity contribution in [1.29, 1.82) is 0 Å². The third kappa shape index (κ3) is 2.78. The number of furan rings is 1. The Hall–Kier alpha value is -5.39. The molecule has 4 nitrogen and oxygen atoms in total. The molecule has 0 spiro atoms. The molecule has 1 atom stereocenters.